The molecule has 1 amide bonds. The third-order valence-corrected chi connectivity index (χ3v) is 6.75. The summed E-state index contributed by atoms with van der Waals surface area (Å²) in [6.45, 7) is 5.33. The van der Waals surface area contributed by atoms with E-state index in [1.165, 1.54) is 13.2 Å². The number of carbonyl (C=O) groups is 3. The summed E-state index contributed by atoms with van der Waals surface area (Å²) in [5.74, 6) is -0.570. The number of ether oxygens (including phenoxy) is 4. The van der Waals surface area contributed by atoms with Crippen LogP contribution in [0.4, 0.5) is 4.79 Å². The SMILES string of the molecule is COc1ccc(CC2COc3c(Cl)cc(Cl)cc3C2=O)cc1OC(=O)[C@H](Cc1ccccc1)NC(=O)OC(C)(C)C. The fraction of sp³-hybridized carbons (Fsp3) is 0.323. The largest absolute Gasteiger partial charge is 0.493 e. The highest BCUT2D eigenvalue weighted by Gasteiger charge is 2.32. The zero-order valence-electron chi connectivity index (χ0n) is 23.2. The van der Waals surface area contributed by atoms with Crippen molar-refractivity contribution in [1.29, 1.82) is 0 Å². The molecule has 0 radical (unpaired) electrons. The van der Waals surface area contributed by atoms with Crippen LogP contribution in [0.3, 0.4) is 0 Å². The Morgan fingerprint density at radius 1 is 1.02 bits per heavy atom. The molecular weight excluding hydrogens is 569 g/mol. The highest BCUT2D eigenvalue weighted by molar-refractivity contribution is 6.36. The predicted molar refractivity (Wildman–Crippen MR) is 155 cm³/mol. The van der Waals surface area contributed by atoms with Gasteiger partial charge < -0.3 is 24.3 Å². The Labute approximate surface area is 248 Å². The second kappa shape index (κ2) is 12.8. The summed E-state index contributed by atoms with van der Waals surface area (Å²) < 4.78 is 22.3. The van der Waals surface area contributed by atoms with Gasteiger partial charge in [0.1, 0.15) is 17.4 Å². The number of rotatable bonds is 8. The monoisotopic (exact) mass is 599 g/mol. The van der Waals surface area contributed by atoms with E-state index in [1.807, 2.05) is 30.3 Å². The molecule has 1 unspecified atom stereocenters. The van der Waals surface area contributed by atoms with E-state index in [-0.39, 0.29) is 29.6 Å². The topological polar surface area (TPSA) is 100 Å². The molecule has 0 aromatic heterocycles. The van der Waals surface area contributed by atoms with Crippen LogP contribution in [0.2, 0.25) is 10.0 Å². The summed E-state index contributed by atoms with van der Waals surface area (Å²) in [4.78, 5) is 39.2. The van der Waals surface area contributed by atoms with Crippen molar-refractivity contribution in [2.75, 3.05) is 13.7 Å². The van der Waals surface area contributed by atoms with E-state index >= 15 is 0 Å². The summed E-state index contributed by atoms with van der Waals surface area (Å²) >= 11 is 12.3. The second-order valence-corrected chi connectivity index (χ2v) is 11.5. The van der Waals surface area contributed by atoms with Crippen molar-refractivity contribution < 1.29 is 33.3 Å². The van der Waals surface area contributed by atoms with Crippen molar-refractivity contribution in [2.24, 2.45) is 5.92 Å². The molecule has 0 spiro atoms. The number of ketones is 1. The summed E-state index contributed by atoms with van der Waals surface area (Å²) in [5, 5.41) is 3.25. The highest BCUT2D eigenvalue weighted by Crippen LogP contribution is 2.38. The van der Waals surface area contributed by atoms with E-state index in [1.54, 1.807) is 45.0 Å². The summed E-state index contributed by atoms with van der Waals surface area (Å²) in [6.07, 6.45) is -0.257. The third-order valence-electron chi connectivity index (χ3n) is 6.25. The number of Topliss-reactive ketones (excluding diaryl/α,β-unsaturated/α-hetero) is 1. The van der Waals surface area contributed by atoms with Gasteiger partial charge in [-0.15, -0.1) is 0 Å². The molecule has 216 valence electrons. The van der Waals surface area contributed by atoms with Gasteiger partial charge in [-0.2, -0.15) is 0 Å². The zero-order valence-corrected chi connectivity index (χ0v) is 24.7. The van der Waals surface area contributed by atoms with Gasteiger partial charge in [-0.25, -0.2) is 9.59 Å². The first kappa shape index (κ1) is 30.2. The fourth-order valence-electron chi connectivity index (χ4n) is 4.41. The normalized spacial score (nSPS) is 15.3. The van der Waals surface area contributed by atoms with E-state index in [0.29, 0.717) is 34.1 Å². The van der Waals surface area contributed by atoms with E-state index in [2.05, 4.69) is 5.32 Å². The number of methoxy groups -OCH3 is 1. The van der Waals surface area contributed by atoms with Crippen molar-refractivity contribution >= 4 is 41.0 Å². The van der Waals surface area contributed by atoms with Crippen LogP contribution in [0.25, 0.3) is 0 Å². The van der Waals surface area contributed by atoms with Gasteiger partial charge in [0.15, 0.2) is 17.3 Å². The number of esters is 1. The maximum atomic E-state index is 13.4. The van der Waals surface area contributed by atoms with Gasteiger partial charge in [0.05, 0.1) is 30.2 Å². The Morgan fingerprint density at radius 2 is 1.76 bits per heavy atom. The van der Waals surface area contributed by atoms with E-state index < -0.39 is 29.6 Å². The molecule has 4 rings (SSSR count). The Hall–Kier alpha value is -3.75. The minimum Gasteiger partial charge on any atom is -0.493 e. The second-order valence-electron chi connectivity index (χ2n) is 10.6. The van der Waals surface area contributed by atoms with Crippen LogP contribution in [0.5, 0.6) is 17.2 Å². The van der Waals surface area contributed by atoms with Crippen LogP contribution in [0, 0.1) is 5.92 Å². The number of benzene rings is 3. The van der Waals surface area contributed by atoms with Gasteiger partial charge in [-0.3, -0.25) is 4.79 Å². The maximum absolute atomic E-state index is 13.4. The Kier molecular flexibility index (Phi) is 9.46. The van der Waals surface area contributed by atoms with Crippen LogP contribution in [0.15, 0.2) is 60.7 Å². The number of hydrogen-bond acceptors (Lipinski definition) is 7. The first-order chi connectivity index (χ1) is 19.4. The Morgan fingerprint density at radius 3 is 2.44 bits per heavy atom. The van der Waals surface area contributed by atoms with Gasteiger partial charge in [-0.1, -0.05) is 59.6 Å². The number of halogens is 2. The number of hydrogen-bond donors (Lipinski definition) is 1. The lowest BCUT2D eigenvalue weighted by molar-refractivity contribution is -0.136. The Bertz CT molecular complexity index is 1440. The first-order valence-corrected chi connectivity index (χ1v) is 13.8. The molecule has 1 aliphatic rings. The summed E-state index contributed by atoms with van der Waals surface area (Å²) in [7, 11) is 1.45. The van der Waals surface area contributed by atoms with Crippen LogP contribution in [0.1, 0.15) is 42.3 Å². The molecule has 3 aromatic carbocycles. The Balaban J connectivity index is 1.54. The third kappa shape index (κ3) is 7.93. The number of carbonyl (C=O) groups excluding carboxylic acids is 3. The molecule has 0 saturated carbocycles. The molecule has 0 saturated heterocycles. The van der Waals surface area contributed by atoms with Gasteiger partial charge >= 0.3 is 12.1 Å². The minimum atomic E-state index is -1.04. The quantitative estimate of drug-likeness (QED) is 0.234. The number of fused-ring (bicyclic) bond motifs is 1. The van der Waals surface area contributed by atoms with Crippen LogP contribution in [-0.2, 0) is 22.4 Å². The van der Waals surface area contributed by atoms with E-state index in [9.17, 15) is 14.4 Å². The molecule has 10 heteroatoms. The standard InChI is InChI=1S/C31H31Cl2NO7/c1-31(2,3)41-30(37)34-24(13-18-8-6-5-7-9-18)29(36)40-26-14-19(10-11-25(26)38-4)12-20-17-39-28-22(27(20)35)15-21(32)16-23(28)33/h5-11,14-16,20,24H,12-13,17H2,1-4H3,(H,34,37)/t20?,24-/m0/s1. The van der Waals surface area contributed by atoms with Gasteiger partial charge in [0.2, 0.25) is 0 Å². The average molecular weight is 600 g/mol. The molecule has 1 N–H and O–H groups in total. The molecule has 1 heterocycles. The van der Waals surface area contributed by atoms with Crippen LogP contribution >= 0.6 is 23.2 Å². The predicted octanol–water partition coefficient (Wildman–Crippen LogP) is 6.48. The summed E-state index contributed by atoms with van der Waals surface area (Å²) in [6, 6.07) is 16.3. The molecule has 2 atom stereocenters. The minimum absolute atomic E-state index is 0.132. The van der Waals surface area contributed by atoms with E-state index in [0.717, 1.165) is 5.56 Å². The molecule has 0 bridgehead atoms. The van der Waals surface area contributed by atoms with Crippen molar-refractivity contribution in [2.45, 2.75) is 45.3 Å². The fourth-order valence-corrected chi connectivity index (χ4v) is 4.95. The molecule has 0 aliphatic carbocycles. The maximum Gasteiger partial charge on any atom is 0.408 e. The smallest absolute Gasteiger partial charge is 0.408 e. The molecule has 41 heavy (non-hydrogen) atoms. The zero-order chi connectivity index (χ0) is 29.7. The molecule has 0 fully saturated rings. The van der Waals surface area contributed by atoms with Crippen LogP contribution in [-0.4, -0.2) is 43.2 Å². The van der Waals surface area contributed by atoms with E-state index in [4.69, 9.17) is 42.1 Å². The lowest BCUT2D eigenvalue weighted by atomic mass is 9.89. The van der Waals surface area contributed by atoms with Crippen LogP contribution < -0.4 is 19.5 Å². The van der Waals surface area contributed by atoms with Crippen molar-refractivity contribution in [3.05, 3.63) is 87.4 Å². The van der Waals surface area contributed by atoms with Gasteiger partial charge in [-0.05, 0) is 62.6 Å². The molecule has 3 aromatic rings. The van der Waals surface area contributed by atoms with Gasteiger partial charge in [0.25, 0.3) is 0 Å². The average Bonchev–Trinajstić information content (AvgIpc) is 2.90. The van der Waals surface area contributed by atoms with Crippen molar-refractivity contribution in [3.63, 3.8) is 0 Å². The van der Waals surface area contributed by atoms with Crippen molar-refractivity contribution in [3.8, 4) is 17.2 Å². The lowest BCUT2D eigenvalue weighted by Gasteiger charge is -2.25. The number of nitrogens with one attached hydrogen (secondary N) is 1. The first-order valence-electron chi connectivity index (χ1n) is 13.0. The summed E-state index contributed by atoms with van der Waals surface area (Å²) in [5.41, 5.74) is 1.12. The number of alkyl carbamates (subject to hydrolysis) is 1. The van der Waals surface area contributed by atoms with Crippen molar-refractivity contribution in [1.82, 2.24) is 5.32 Å². The molecular formula is C31H31Cl2NO7. The molecule has 8 nitrogen and oxygen atoms in total. The highest BCUT2D eigenvalue weighted by atomic mass is 35.5. The lowest BCUT2D eigenvalue weighted by Crippen LogP contribution is -2.46. The molecule has 1 aliphatic heterocycles. The number of amides is 1. The van der Waals surface area contributed by atoms with Gasteiger partial charge in [0, 0.05) is 11.4 Å².